The zero-order valence-electron chi connectivity index (χ0n) is 18.0. The summed E-state index contributed by atoms with van der Waals surface area (Å²) in [5, 5.41) is 13.3. The number of pyridine rings is 1. The van der Waals surface area contributed by atoms with Gasteiger partial charge in [-0.15, -0.1) is 0 Å². The van der Waals surface area contributed by atoms with Gasteiger partial charge in [0.25, 0.3) is 0 Å². The van der Waals surface area contributed by atoms with Gasteiger partial charge in [0, 0.05) is 24.5 Å². The Morgan fingerprint density at radius 3 is 2.61 bits per heavy atom. The maximum atomic E-state index is 12.9. The lowest BCUT2D eigenvalue weighted by atomic mass is 10.0. The van der Waals surface area contributed by atoms with Gasteiger partial charge in [-0.25, -0.2) is 4.79 Å². The molecule has 0 aliphatic carbocycles. The van der Waals surface area contributed by atoms with Gasteiger partial charge < -0.3 is 15.2 Å². The minimum atomic E-state index is -0.631. The van der Waals surface area contributed by atoms with Crippen LogP contribution in [0.25, 0.3) is 11.1 Å². The highest BCUT2D eigenvalue weighted by Crippen LogP contribution is 2.28. The lowest BCUT2D eigenvalue weighted by Crippen LogP contribution is -2.48. The van der Waals surface area contributed by atoms with Crippen molar-refractivity contribution in [1.82, 2.24) is 15.2 Å². The number of benzene rings is 1. The third-order valence-corrected chi connectivity index (χ3v) is 5.38. The molecule has 31 heavy (non-hydrogen) atoms. The maximum absolute atomic E-state index is 12.9. The molecule has 7 nitrogen and oxygen atoms in total. The van der Waals surface area contributed by atoms with Crippen molar-refractivity contribution in [1.29, 1.82) is 0 Å². The Hall–Kier alpha value is -2.64. The monoisotopic (exact) mass is 445 g/mol. The number of amides is 2. The van der Waals surface area contributed by atoms with Gasteiger partial charge in [0.05, 0.1) is 17.7 Å². The van der Waals surface area contributed by atoms with Crippen molar-refractivity contribution in [2.75, 3.05) is 13.2 Å². The average molecular weight is 446 g/mol. The summed E-state index contributed by atoms with van der Waals surface area (Å²) in [4.78, 5) is 30.8. The molecule has 2 atom stereocenters. The molecule has 0 saturated carbocycles. The van der Waals surface area contributed by atoms with E-state index >= 15 is 0 Å². The van der Waals surface area contributed by atoms with Crippen molar-refractivity contribution >= 4 is 23.6 Å². The molecule has 8 heteroatoms. The van der Waals surface area contributed by atoms with Crippen molar-refractivity contribution in [3.05, 3.63) is 53.3 Å². The summed E-state index contributed by atoms with van der Waals surface area (Å²) in [6, 6.07) is 8.08. The molecule has 1 fully saturated rings. The second kappa shape index (κ2) is 9.66. The number of halogens is 1. The second-order valence-electron chi connectivity index (χ2n) is 8.55. The van der Waals surface area contributed by atoms with E-state index in [4.69, 9.17) is 16.3 Å². The largest absolute Gasteiger partial charge is 0.444 e. The first-order valence-corrected chi connectivity index (χ1v) is 10.7. The average Bonchev–Trinajstić information content (AvgIpc) is 3.22. The molecule has 0 spiro atoms. The first kappa shape index (κ1) is 23.0. The molecule has 0 bridgehead atoms. The number of nitrogens with zero attached hydrogens (tertiary/aromatic N) is 2. The number of aliphatic hydroxyl groups excluding tert-OH is 1. The number of aromatic nitrogens is 1. The molecule has 2 N–H and O–H groups in total. The normalized spacial score (nSPS) is 17.3. The predicted octanol–water partition coefficient (Wildman–Crippen LogP) is 3.95. The lowest BCUT2D eigenvalue weighted by molar-refractivity contribution is -0.126. The van der Waals surface area contributed by atoms with E-state index < -0.39 is 23.8 Å². The van der Waals surface area contributed by atoms with Crippen molar-refractivity contribution in [3.8, 4) is 11.1 Å². The van der Waals surface area contributed by atoms with Crippen molar-refractivity contribution in [2.24, 2.45) is 0 Å². The van der Waals surface area contributed by atoms with Crippen LogP contribution in [0.3, 0.4) is 0 Å². The number of likely N-dealkylation sites (tertiary alicyclic amines) is 1. The van der Waals surface area contributed by atoms with E-state index in [1.807, 2.05) is 30.3 Å². The van der Waals surface area contributed by atoms with E-state index in [0.29, 0.717) is 18.0 Å². The van der Waals surface area contributed by atoms with Gasteiger partial charge in [0.2, 0.25) is 5.91 Å². The Morgan fingerprint density at radius 1 is 1.29 bits per heavy atom. The molecule has 2 aromatic rings. The fraction of sp³-hybridized carbons (Fsp3) is 0.435. The van der Waals surface area contributed by atoms with Crippen LogP contribution >= 0.6 is 11.6 Å². The van der Waals surface area contributed by atoms with Crippen molar-refractivity contribution in [2.45, 2.75) is 51.3 Å². The van der Waals surface area contributed by atoms with Crippen LogP contribution < -0.4 is 5.32 Å². The van der Waals surface area contributed by atoms with Gasteiger partial charge in [0.15, 0.2) is 0 Å². The second-order valence-corrected chi connectivity index (χ2v) is 8.96. The quantitative estimate of drug-likeness (QED) is 0.727. The van der Waals surface area contributed by atoms with Crippen LogP contribution in [0.4, 0.5) is 4.79 Å². The number of rotatable bonds is 5. The van der Waals surface area contributed by atoms with E-state index in [2.05, 4.69) is 10.3 Å². The lowest BCUT2D eigenvalue weighted by Gasteiger charge is -2.29. The van der Waals surface area contributed by atoms with Crippen molar-refractivity contribution < 1.29 is 19.4 Å². The molecule has 1 aliphatic heterocycles. The number of nitrogens with one attached hydrogen (secondary N) is 1. The first-order chi connectivity index (χ1) is 14.7. The zero-order valence-corrected chi connectivity index (χ0v) is 18.7. The predicted molar refractivity (Wildman–Crippen MR) is 119 cm³/mol. The first-order valence-electron chi connectivity index (χ1n) is 10.3. The fourth-order valence-corrected chi connectivity index (χ4v) is 3.81. The van der Waals surface area contributed by atoms with Crippen LogP contribution in [0.1, 0.15) is 45.2 Å². The molecule has 1 aliphatic rings. The minimum Gasteiger partial charge on any atom is -0.444 e. The highest BCUT2D eigenvalue weighted by molar-refractivity contribution is 6.33. The molecule has 2 amide bonds. The molecule has 1 saturated heterocycles. The summed E-state index contributed by atoms with van der Waals surface area (Å²) < 4.78 is 5.43. The van der Waals surface area contributed by atoms with Crippen LogP contribution in [0.2, 0.25) is 5.02 Å². The topological polar surface area (TPSA) is 91.8 Å². The highest BCUT2D eigenvalue weighted by Gasteiger charge is 2.37. The molecule has 1 aromatic carbocycles. The summed E-state index contributed by atoms with van der Waals surface area (Å²) in [5.74, 6) is -0.302. The third kappa shape index (κ3) is 5.74. The summed E-state index contributed by atoms with van der Waals surface area (Å²) >= 11 is 6.21. The Balaban J connectivity index is 1.69. The van der Waals surface area contributed by atoms with Crippen LogP contribution in [0.15, 0.2) is 42.7 Å². The molecule has 0 radical (unpaired) electrons. The van der Waals surface area contributed by atoms with Crippen LogP contribution in [-0.2, 0) is 9.53 Å². The number of aliphatic hydroxyl groups is 1. The molecule has 3 rings (SSSR count). The molecular formula is C23H28ClN3O4. The van der Waals surface area contributed by atoms with Crippen LogP contribution in [0, 0.1) is 0 Å². The summed E-state index contributed by atoms with van der Waals surface area (Å²) in [7, 11) is 0. The third-order valence-electron chi connectivity index (χ3n) is 5.08. The minimum absolute atomic E-state index is 0.264. The Morgan fingerprint density at radius 2 is 2.00 bits per heavy atom. The maximum Gasteiger partial charge on any atom is 0.410 e. The van der Waals surface area contributed by atoms with E-state index in [-0.39, 0.29) is 12.5 Å². The van der Waals surface area contributed by atoms with Gasteiger partial charge in [-0.1, -0.05) is 35.9 Å². The Kier molecular flexibility index (Phi) is 7.18. The standard InChI is InChI=1S/C23H28ClN3O4/c1-23(2,3)31-22(30)27-12-4-5-20(27)21(29)26-19(14-28)16-8-6-15(7-9-16)17-10-11-25-13-18(17)24/h6-11,13,19-20,28H,4-5,12,14H2,1-3H3,(H,26,29). The van der Waals surface area contributed by atoms with E-state index in [1.165, 1.54) is 4.90 Å². The van der Waals surface area contributed by atoms with Crippen LogP contribution in [-0.4, -0.2) is 51.8 Å². The number of carbonyl (C=O) groups excluding carboxylic acids is 2. The molecular weight excluding hydrogens is 418 g/mol. The van der Waals surface area contributed by atoms with E-state index in [9.17, 15) is 14.7 Å². The Bertz CT molecular complexity index is 927. The number of hydrogen-bond acceptors (Lipinski definition) is 5. The van der Waals surface area contributed by atoms with Gasteiger partial charge in [-0.2, -0.15) is 0 Å². The van der Waals surface area contributed by atoms with Gasteiger partial charge >= 0.3 is 6.09 Å². The van der Waals surface area contributed by atoms with Crippen molar-refractivity contribution in [3.63, 3.8) is 0 Å². The highest BCUT2D eigenvalue weighted by atomic mass is 35.5. The molecule has 2 heterocycles. The zero-order chi connectivity index (χ0) is 22.6. The fourth-order valence-electron chi connectivity index (χ4n) is 3.58. The van der Waals surface area contributed by atoms with Gasteiger partial charge in [0.1, 0.15) is 11.6 Å². The van der Waals surface area contributed by atoms with Crippen LogP contribution in [0.5, 0.6) is 0 Å². The number of hydrogen-bond donors (Lipinski definition) is 2. The number of ether oxygens (including phenoxy) is 1. The Labute approximate surface area is 187 Å². The summed E-state index contributed by atoms with van der Waals surface area (Å²) in [6.45, 7) is 5.58. The number of carbonyl (C=O) groups is 2. The molecule has 2 unspecified atom stereocenters. The van der Waals surface area contributed by atoms with Gasteiger partial charge in [-0.05, 0) is 50.8 Å². The van der Waals surface area contributed by atoms with Gasteiger partial charge in [-0.3, -0.25) is 14.7 Å². The van der Waals surface area contributed by atoms with E-state index in [0.717, 1.165) is 23.1 Å². The SMILES string of the molecule is CC(C)(C)OC(=O)N1CCCC1C(=O)NC(CO)c1ccc(-c2ccncc2Cl)cc1. The smallest absolute Gasteiger partial charge is 0.410 e. The molecule has 166 valence electrons. The summed E-state index contributed by atoms with van der Waals surface area (Å²) in [6.07, 6.45) is 4.04. The summed E-state index contributed by atoms with van der Waals surface area (Å²) in [5.41, 5.74) is 1.89. The molecule has 1 aromatic heterocycles. The van der Waals surface area contributed by atoms with E-state index in [1.54, 1.807) is 33.2 Å².